The second kappa shape index (κ2) is 5.73. The second-order valence-corrected chi connectivity index (χ2v) is 4.60. The van der Waals surface area contributed by atoms with Gasteiger partial charge >= 0.3 is 6.03 Å². The summed E-state index contributed by atoms with van der Waals surface area (Å²) < 4.78 is 0. The minimum atomic E-state index is -0.492. The van der Waals surface area contributed by atoms with Gasteiger partial charge in [-0.25, -0.2) is 26.5 Å². The van der Waals surface area contributed by atoms with E-state index in [2.05, 4.69) is 0 Å². The van der Waals surface area contributed by atoms with Gasteiger partial charge in [0.2, 0.25) is 0 Å². The molecule has 2 amide bonds. The van der Waals surface area contributed by atoms with Crippen LogP contribution in [0.4, 0.5) is 16.2 Å². The summed E-state index contributed by atoms with van der Waals surface area (Å²) in [5.74, 6) is 11.8. The van der Waals surface area contributed by atoms with Crippen LogP contribution in [0.25, 0.3) is 0 Å². The Morgan fingerprint density at radius 2 is 1.15 bits per heavy atom. The lowest BCUT2D eigenvalue weighted by Gasteiger charge is -2.25. The lowest BCUT2D eigenvalue weighted by atomic mass is 10.2. The fraction of sp³-hybridized carbons (Fsp3) is 0.133. The van der Waals surface area contributed by atoms with Crippen LogP contribution in [0.15, 0.2) is 48.5 Å². The molecular weight excluding hydrogens is 252 g/mol. The molecule has 5 heteroatoms. The van der Waals surface area contributed by atoms with Crippen LogP contribution >= 0.6 is 0 Å². The first-order valence-corrected chi connectivity index (χ1v) is 6.27. The molecule has 0 fully saturated rings. The molecule has 0 spiro atoms. The number of amides is 2. The number of benzene rings is 2. The number of hydrogen-bond donors (Lipinski definition) is 2. The molecule has 0 bridgehead atoms. The summed E-state index contributed by atoms with van der Waals surface area (Å²) in [4.78, 5) is 12.4. The van der Waals surface area contributed by atoms with E-state index in [4.69, 9.17) is 11.7 Å². The number of hydrazine groups is 2. The summed E-state index contributed by atoms with van der Waals surface area (Å²) in [7, 11) is 0. The number of urea groups is 1. The van der Waals surface area contributed by atoms with Crippen molar-refractivity contribution in [1.29, 1.82) is 0 Å². The standard InChI is InChI=1S/C15H18N4O/c1-11-7-3-5-9-13(11)18(16)15(20)19(17)14-10-6-4-8-12(14)2/h3-10H,16-17H2,1-2H3. The maximum Gasteiger partial charge on any atom is 0.357 e. The summed E-state index contributed by atoms with van der Waals surface area (Å²) in [6.07, 6.45) is 0. The molecule has 0 aliphatic heterocycles. The highest BCUT2D eigenvalue weighted by Crippen LogP contribution is 2.21. The minimum absolute atomic E-state index is 0.492. The molecule has 2 rings (SSSR count). The molecule has 0 atom stereocenters. The molecule has 0 saturated carbocycles. The highest BCUT2D eigenvalue weighted by atomic mass is 16.2. The number of aryl methyl sites for hydroxylation is 2. The van der Waals surface area contributed by atoms with Crippen LogP contribution in [0.3, 0.4) is 0 Å². The summed E-state index contributed by atoms with van der Waals surface area (Å²) in [6, 6.07) is 14.3. The molecule has 0 radical (unpaired) electrons. The molecule has 2 aromatic carbocycles. The Labute approximate surface area is 118 Å². The number of hydrogen-bond acceptors (Lipinski definition) is 3. The van der Waals surface area contributed by atoms with Gasteiger partial charge < -0.3 is 0 Å². The topological polar surface area (TPSA) is 75.6 Å². The molecule has 0 aliphatic carbocycles. The van der Waals surface area contributed by atoms with E-state index in [1.165, 1.54) is 0 Å². The zero-order valence-electron chi connectivity index (χ0n) is 11.6. The number of rotatable bonds is 2. The molecule has 104 valence electrons. The average molecular weight is 270 g/mol. The third-order valence-electron chi connectivity index (χ3n) is 3.16. The number of carbonyl (C=O) groups excluding carboxylic acids is 1. The fourth-order valence-corrected chi connectivity index (χ4v) is 1.99. The predicted molar refractivity (Wildman–Crippen MR) is 81.1 cm³/mol. The Morgan fingerprint density at radius 1 is 0.800 bits per heavy atom. The van der Waals surface area contributed by atoms with Gasteiger partial charge in [0.1, 0.15) is 0 Å². The van der Waals surface area contributed by atoms with Crippen molar-refractivity contribution in [3.05, 3.63) is 59.7 Å². The van der Waals surface area contributed by atoms with Crippen LogP contribution in [0.5, 0.6) is 0 Å². The fourth-order valence-electron chi connectivity index (χ4n) is 1.99. The minimum Gasteiger partial charge on any atom is -0.245 e. The van der Waals surface area contributed by atoms with Crippen molar-refractivity contribution < 1.29 is 4.79 Å². The zero-order valence-corrected chi connectivity index (χ0v) is 11.6. The van der Waals surface area contributed by atoms with Crippen molar-refractivity contribution >= 4 is 17.4 Å². The van der Waals surface area contributed by atoms with Gasteiger partial charge in [-0.3, -0.25) is 0 Å². The van der Waals surface area contributed by atoms with E-state index in [1.54, 1.807) is 12.1 Å². The molecule has 5 nitrogen and oxygen atoms in total. The molecule has 0 aliphatic rings. The third-order valence-corrected chi connectivity index (χ3v) is 3.16. The molecule has 2 aromatic rings. The van der Waals surface area contributed by atoms with E-state index in [-0.39, 0.29) is 0 Å². The number of nitrogens with zero attached hydrogens (tertiary/aromatic N) is 2. The van der Waals surface area contributed by atoms with Crippen LogP contribution in [-0.4, -0.2) is 6.03 Å². The number of nitrogens with two attached hydrogens (primary N) is 2. The lowest BCUT2D eigenvalue weighted by molar-refractivity contribution is 0.251. The second-order valence-electron chi connectivity index (χ2n) is 4.60. The normalized spacial score (nSPS) is 10.2. The molecule has 0 saturated heterocycles. The van der Waals surface area contributed by atoms with Crippen LogP contribution in [0.1, 0.15) is 11.1 Å². The van der Waals surface area contributed by atoms with Gasteiger partial charge in [-0.2, -0.15) is 0 Å². The van der Waals surface area contributed by atoms with Crippen molar-refractivity contribution in [3.63, 3.8) is 0 Å². The van der Waals surface area contributed by atoms with Gasteiger partial charge in [-0.05, 0) is 37.1 Å². The zero-order chi connectivity index (χ0) is 14.7. The molecule has 0 unspecified atom stereocenters. The summed E-state index contributed by atoms with van der Waals surface area (Å²) in [5, 5.41) is 2.11. The molecule has 4 N–H and O–H groups in total. The van der Waals surface area contributed by atoms with Crippen molar-refractivity contribution in [1.82, 2.24) is 0 Å². The van der Waals surface area contributed by atoms with Gasteiger partial charge in [0, 0.05) is 0 Å². The highest BCUT2D eigenvalue weighted by Gasteiger charge is 2.20. The van der Waals surface area contributed by atoms with Crippen molar-refractivity contribution in [2.24, 2.45) is 11.7 Å². The lowest BCUT2D eigenvalue weighted by Crippen LogP contribution is -2.51. The number of anilines is 2. The Kier molecular flexibility index (Phi) is 4.02. The predicted octanol–water partition coefficient (Wildman–Crippen LogP) is 2.48. The quantitative estimate of drug-likeness (QED) is 0.500. The van der Waals surface area contributed by atoms with Gasteiger partial charge in [0.25, 0.3) is 0 Å². The first kappa shape index (κ1) is 14.0. The van der Waals surface area contributed by atoms with Crippen molar-refractivity contribution in [2.75, 3.05) is 10.0 Å². The Morgan fingerprint density at radius 3 is 1.50 bits per heavy atom. The van der Waals surface area contributed by atoms with Gasteiger partial charge in [-0.1, -0.05) is 36.4 Å². The van der Waals surface area contributed by atoms with Crippen LogP contribution < -0.4 is 21.7 Å². The monoisotopic (exact) mass is 270 g/mol. The average Bonchev–Trinajstić information content (AvgIpc) is 2.46. The summed E-state index contributed by atoms with van der Waals surface area (Å²) >= 11 is 0. The SMILES string of the molecule is Cc1ccccc1N(N)C(=O)N(N)c1ccccc1C. The van der Waals surface area contributed by atoms with Gasteiger partial charge in [0.05, 0.1) is 11.4 Å². The van der Waals surface area contributed by atoms with E-state index in [1.807, 2.05) is 50.2 Å². The summed E-state index contributed by atoms with van der Waals surface area (Å²) in [5.41, 5.74) is 3.06. The third kappa shape index (κ3) is 2.64. The van der Waals surface area contributed by atoms with Crippen LogP contribution in [-0.2, 0) is 0 Å². The van der Waals surface area contributed by atoms with E-state index in [0.29, 0.717) is 11.4 Å². The largest absolute Gasteiger partial charge is 0.357 e. The molecule has 20 heavy (non-hydrogen) atoms. The molecule has 0 heterocycles. The maximum atomic E-state index is 12.4. The highest BCUT2D eigenvalue weighted by molar-refractivity contribution is 6.02. The first-order valence-electron chi connectivity index (χ1n) is 6.27. The summed E-state index contributed by atoms with van der Waals surface area (Å²) in [6.45, 7) is 3.77. The van der Waals surface area contributed by atoms with E-state index < -0.39 is 6.03 Å². The molecular formula is C15H18N4O. The van der Waals surface area contributed by atoms with Gasteiger partial charge in [-0.15, -0.1) is 0 Å². The van der Waals surface area contributed by atoms with E-state index >= 15 is 0 Å². The Balaban J connectivity index is 2.28. The van der Waals surface area contributed by atoms with Crippen molar-refractivity contribution in [2.45, 2.75) is 13.8 Å². The Hall–Kier alpha value is -2.37. The molecule has 0 aromatic heterocycles. The van der Waals surface area contributed by atoms with Gasteiger partial charge in [0.15, 0.2) is 0 Å². The maximum absolute atomic E-state index is 12.4. The Bertz CT molecular complexity index is 573. The smallest absolute Gasteiger partial charge is 0.245 e. The number of para-hydroxylation sites is 2. The first-order chi connectivity index (χ1) is 9.52. The van der Waals surface area contributed by atoms with Crippen LogP contribution in [0, 0.1) is 13.8 Å². The van der Waals surface area contributed by atoms with E-state index in [0.717, 1.165) is 21.1 Å². The van der Waals surface area contributed by atoms with E-state index in [9.17, 15) is 4.79 Å². The van der Waals surface area contributed by atoms with Crippen molar-refractivity contribution in [3.8, 4) is 0 Å². The van der Waals surface area contributed by atoms with Crippen LogP contribution in [0.2, 0.25) is 0 Å². The number of carbonyl (C=O) groups is 1.